The molecule has 3 aliphatic heterocycles. The van der Waals surface area contributed by atoms with E-state index in [-0.39, 0.29) is 12.3 Å². The van der Waals surface area contributed by atoms with Gasteiger partial charge in [-0.3, -0.25) is 9.59 Å². The molecule has 520 valence electrons. The van der Waals surface area contributed by atoms with Crippen molar-refractivity contribution in [3.05, 3.63) is 24.3 Å². The first-order valence-corrected chi connectivity index (χ1v) is 33.9. The average molecular weight is 1280 g/mol. The predicted molar refractivity (Wildman–Crippen MR) is 331 cm³/mol. The number of carboxylic acid groups (broad SMARTS) is 1. The van der Waals surface area contributed by atoms with Gasteiger partial charge in [0.15, 0.2) is 12.6 Å². The number of aliphatic hydroxyl groups excluding tert-OH is 12. The standard InChI is InChI=1S/C65H118N2O22/c1-3-5-7-9-11-13-15-17-18-19-20-21-22-23-24-26-28-30-32-34-36-38-51(75)66-45(46(72)37-35-33-31-29-27-25-16-14-12-10-8-6-4-2)44-84-62-57(80)56(79)59(50(42-70)86-62)87-63-58(81)61(55(78)49(41-69)85-63)89-65(64(82)83)39-47(73)53(67-52(76)43-71)60(88-65)54(77)48(74)40-68/h17-18,35,37,45-50,53-63,68-74,77-81H,3-16,19-34,36,38-44H2,1-2H3,(H,66,75)(H,67,76)(H,82,83)/b18-17-,37-35+/t45-,46+,47-,48+,49+,50+,53+,54+,55-,56+,57+,58+,59+,60+,61-,62+,63-,65-/m0/s1. The van der Waals surface area contributed by atoms with Crippen LogP contribution in [0.2, 0.25) is 0 Å². The minimum Gasteiger partial charge on any atom is -0.477 e. The summed E-state index contributed by atoms with van der Waals surface area (Å²) in [5.74, 6) is -6.62. The van der Waals surface area contributed by atoms with Crippen LogP contribution in [0.5, 0.6) is 0 Å². The number of carboxylic acids is 1. The zero-order valence-electron chi connectivity index (χ0n) is 53.5. The normalized spacial score (nSPS) is 28.9. The van der Waals surface area contributed by atoms with Crippen molar-refractivity contribution < 1.29 is 109 Å². The minimum atomic E-state index is -3.15. The smallest absolute Gasteiger partial charge is 0.364 e. The van der Waals surface area contributed by atoms with Crippen LogP contribution < -0.4 is 10.6 Å². The fourth-order valence-corrected chi connectivity index (χ4v) is 11.7. The van der Waals surface area contributed by atoms with Crippen LogP contribution in [-0.2, 0) is 42.8 Å². The topological polar surface area (TPSA) is 394 Å². The van der Waals surface area contributed by atoms with Crippen molar-refractivity contribution >= 4 is 17.8 Å². The highest BCUT2D eigenvalue weighted by Gasteiger charge is 2.60. The summed E-state index contributed by atoms with van der Waals surface area (Å²) in [5.41, 5.74) is 0. The number of allylic oxidation sites excluding steroid dienone is 3. The van der Waals surface area contributed by atoms with Gasteiger partial charge in [0.05, 0.1) is 50.7 Å². The average Bonchev–Trinajstić information content (AvgIpc) is 3.04. The van der Waals surface area contributed by atoms with E-state index in [2.05, 4.69) is 36.6 Å². The lowest BCUT2D eigenvalue weighted by Gasteiger charge is -2.50. The van der Waals surface area contributed by atoms with Gasteiger partial charge in [-0.2, -0.15) is 0 Å². The molecule has 2 amide bonds. The summed E-state index contributed by atoms with van der Waals surface area (Å²) in [5, 5.41) is 145. The summed E-state index contributed by atoms with van der Waals surface area (Å²) >= 11 is 0. The quantitative estimate of drug-likeness (QED) is 0.0299. The maximum atomic E-state index is 13.4. The molecule has 18 atom stereocenters. The third kappa shape index (κ3) is 29.6. The summed E-state index contributed by atoms with van der Waals surface area (Å²) in [6.45, 7) is -0.158. The van der Waals surface area contributed by atoms with Crippen molar-refractivity contribution in [3.8, 4) is 0 Å². The lowest BCUT2D eigenvalue weighted by molar-refractivity contribution is -0.386. The van der Waals surface area contributed by atoms with E-state index < -0.39 is 161 Å². The Bertz CT molecular complexity index is 1910. The number of carbonyl (C=O) groups excluding carboxylic acids is 2. The first-order valence-electron chi connectivity index (χ1n) is 33.9. The van der Waals surface area contributed by atoms with E-state index >= 15 is 0 Å². The summed E-state index contributed by atoms with van der Waals surface area (Å²) < 4.78 is 34.6. The van der Waals surface area contributed by atoms with E-state index in [1.54, 1.807) is 6.08 Å². The Balaban J connectivity index is 1.61. The van der Waals surface area contributed by atoms with Gasteiger partial charge in [0.1, 0.15) is 73.8 Å². The molecule has 24 heteroatoms. The van der Waals surface area contributed by atoms with Crippen molar-refractivity contribution in [2.75, 3.05) is 33.0 Å². The maximum Gasteiger partial charge on any atom is 0.364 e. The SMILES string of the molecule is CCCCCCCC/C=C\CCCCCCCCCCCCCC(=O)N[C@@H](CO[C@@H]1O[C@H](CO)[C@@H](O[C@@H]2O[C@H](CO)[C@H](O)[C@H](O[C@]3(C(=O)O)C[C@H](O)[C@@H](NC(=O)CO)[C@H]([C@H](O)[C@H](O)CO)O3)[C@H]2O)[C@H](O)[C@H]1O)[C@H](O)/C=C/CCCCCCCCCCCCC. The molecule has 3 saturated heterocycles. The molecule has 89 heavy (non-hydrogen) atoms. The van der Waals surface area contributed by atoms with Gasteiger partial charge in [0.25, 0.3) is 5.79 Å². The Morgan fingerprint density at radius 2 is 1.06 bits per heavy atom. The molecule has 0 aromatic rings. The van der Waals surface area contributed by atoms with Gasteiger partial charge in [0, 0.05) is 12.8 Å². The Morgan fingerprint density at radius 1 is 0.573 bits per heavy atom. The van der Waals surface area contributed by atoms with E-state index in [0.717, 1.165) is 44.9 Å². The molecule has 0 saturated carbocycles. The van der Waals surface area contributed by atoms with Crippen LogP contribution in [0.3, 0.4) is 0 Å². The molecule has 3 heterocycles. The second kappa shape index (κ2) is 47.1. The Morgan fingerprint density at radius 3 is 1.54 bits per heavy atom. The number of carbonyl (C=O) groups is 3. The van der Waals surface area contributed by atoms with E-state index in [0.29, 0.717) is 12.8 Å². The first kappa shape index (κ1) is 80.4. The van der Waals surface area contributed by atoms with E-state index in [4.69, 9.17) is 28.4 Å². The number of hydrogen-bond donors (Lipinski definition) is 15. The molecule has 0 unspecified atom stereocenters. The molecule has 3 aliphatic rings. The van der Waals surface area contributed by atoms with Crippen LogP contribution in [0, 0.1) is 0 Å². The Hall–Kier alpha value is -2.83. The summed E-state index contributed by atoms with van der Waals surface area (Å²) in [6.07, 6.45) is 14.3. The van der Waals surface area contributed by atoms with E-state index in [1.807, 2.05) is 6.08 Å². The van der Waals surface area contributed by atoms with Crippen LogP contribution >= 0.6 is 0 Å². The van der Waals surface area contributed by atoms with Crippen molar-refractivity contribution in [1.82, 2.24) is 10.6 Å². The van der Waals surface area contributed by atoms with Gasteiger partial charge in [-0.1, -0.05) is 192 Å². The fourth-order valence-electron chi connectivity index (χ4n) is 11.7. The third-order valence-corrected chi connectivity index (χ3v) is 17.2. The first-order chi connectivity index (χ1) is 42.9. The molecule has 0 bridgehead atoms. The lowest BCUT2D eigenvalue weighted by atomic mass is 9.88. The molecule has 15 N–H and O–H groups in total. The zero-order chi connectivity index (χ0) is 65.4. The van der Waals surface area contributed by atoms with Crippen LogP contribution in [0.1, 0.15) is 226 Å². The predicted octanol–water partition coefficient (Wildman–Crippen LogP) is 4.25. The molecular weight excluding hydrogens is 1160 g/mol. The van der Waals surface area contributed by atoms with E-state index in [9.17, 15) is 80.8 Å². The molecule has 0 spiro atoms. The lowest BCUT2D eigenvalue weighted by Crippen LogP contribution is -2.71. The summed E-state index contributed by atoms with van der Waals surface area (Å²) in [6, 6.07) is -2.78. The van der Waals surface area contributed by atoms with E-state index in [1.165, 1.54) is 141 Å². The second-order valence-electron chi connectivity index (χ2n) is 24.7. The second-order valence-corrected chi connectivity index (χ2v) is 24.7. The van der Waals surface area contributed by atoms with Crippen molar-refractivity contribution in [3.63, 3.8) is 0 Å². The molecule has 0 radical (unpaired) electrons. The Kier molecular flexibility index (Phi) is 42.6. The molecule has 0 aromatic heterocycles. The van der Waals surface area contributed by atoms with Crippen molar-refractivity contribution in [2.24, 2.45) is 0 Å². The highest BCUT2D eigenvalue weighted by Crippen LogP contribution is 2.39. The van der Waals surface area contributed by atoms with Gasteiger partial charge in [-0.05, 0) is 44.9 Å². The number of hydrogen-bond acceptors (Lipinski definition) is 21. The number of unbranched alkanes of at least 4 members (excludes halogenated alkanes) is 28. The number of aliphatic carboxylic acids is 1. The largest absolute Gasteiger partial charge is 0.477 e. The molecule has 3 rings (SSSR count). The summed E-state index contributed by atoms with van der Waals surface area (Å²) in [4.78, 5) is 38.6. The van der Waals surface area contributed by atoms with Gasteiger partial charge >= 0.3 is 5.97 Å². The zero-order valence-corrected chi connectivity index (χ0v) is 53.5. The third-order valence-electron chi connectivity index (χ3n) is 17.2. The number of amides is 2. The van der Waals surface area contributed by atoms with Crippen LogP contribution in [-0.4, -0.2) is 227 Å². The number of ether oxygens (including phenoxy) is 6. The maximum absolute atomic E-state index is 13.4. The summed E-state index contributed by atoms with van der Waals surface area (Å²) in [7, 11) is 0. The number of nitrogens with one attached hydrogen (secondary N) is 2. The Labute approximate surface area is 528 Å². The molecule has 24 nitrogen and oxygen atoms in total. The highest BCUT2D eigenvalue weighted by molar-refractivity contribution is 5.78. The van der Waals surface area contributed by atoms with Crippen LogP contribution in [0.4, 0.5) is 0 Å². The molecule has 0 aliphatic carbocycles. The van der Waals surface area contributed by atoms with Crippen LogP contribution in [0.25, 0.3) is 0 Å². The van der Waals surface area contributed by atoms with Gasteiger partial charge in [0.2, 0.25) is 11.8 Å². The minimum absolute atomic E-state index is 0.193. The van der Waals surface area contributed by atoms with Crippen LogP contribution in [0.15, 0.2) is 24.3 Å². The van der Waals surface area contributed by atoms with Gasteiger partial charge in [-0.25, -0.2) is 4.79 Å². The molecule has 3 fully saturated rings. The monoisotopic (exact) mass is 1280 g/mol. The van der Waals surface area contributed by atoms with Crippen molar-refractivity contribution in [2.45, 2.75) is 336 Å². The highest BCUT2D eigenvalue weighted by atomic mass is 16.8. The molecule has 0 aromatic carbocycles. The van der Waals surface area contributed by atoms with Gasteiger partial charge in [-0.15, -0.1) is 0 Å². The fraction of sp³-hybridized carbons (Fsp3) is 0.892. The van der Waals surface area contributed by atoms with Crippen molar-refractivity contribution in [1.29, 1.82) is 0 Å². The molecular formula is C65H118N2O22. The number of rotatable bonds is 51. The number of aliphatic hydroxyl groups is 12. The van der Waals surface area contributed by atoms with Gasteiger partial charge < -0.3 is 105 Å².